The lowest BCUT2D eigenvalue weighted by Gasteiger charge is -2.00. The highest BCUT2D eigenvalue weighted by Crippen LogP contribution is 2.08. The van der Waals surface area contributed by atoms with Crippen LogP contribution in [0, 0.1) is 0 Å². The molecule has 0 spiro atoms. The minimum atomic E-state index is -0.360. The minimum absolute atomic E-state index is 0.00900. The Balaban J connectivity index is 2.33. The van der Waals surface area contributed by atoms with Crippen molar-refractivity contribution >= 4 is 8.69 Å². The van der Waals surface area contributed by atoms with Gasteiger partial charge in [-0.25, -0.2) is 4.57 Å². The van der Waals surface area contributed by atoms with Crippen LogP contribution in [0.2, 0.25) is 0 Å². The Morgan fingerprint density at radius 1 is 1.27 bits per heavy atom. The molecule has 0 unspecified atom stereocenters. The van der Waals surface area contributed by atoms with Crippen molar-refractivity contribution in [2.24, 2.45) is 0 Å². The smallest absolute Gasteiger partial charge is 0.330 e. The van der Waals surface area contributed by atoms with Gasteiger partial charge in [-0.1, -0.05) is 18.2 Å². The summed E-state index contributed by atoms with van der Waals surface area (Å²) in [6.07, 6.45) is 0. The van der Waals surface area contributed by atoms with E-state index in [4.69, 9.17) is 4.74 Å². The highest BCUT2D eigenvalue weighted by Gasteiger charge is 1.88. The van der Waals surface area contributed by atoms with Crippen LogP contribution in [0.15, 0.2) is 30.3 Å². The third-order valence-corrected chi connectivity index (χ3v) is 1.29. The van der Waals surface area contributed by atoms with E-state index in [0.29, 0.717) is 5.75 Å². The normalized spacial score (nSPS) is 9.82. The zero-order valence-corrected chi connectivity index (χ0v) is 6.66. The van der Waals surface area contributed by atoms with E-state index >= 15 is 0 Å². The Kier molecular flexibility index (Phi) is 3.59. The van der Waals surface area contributed by atoms with Crippen molar-refractivity contribution in [1.82, 2.24) is 0 Å². The molecule has 0 aromatic heterocycles. The summed E-state index contributed by atoms with van der Waals surface area (Å²) in [7, 11) is -0.360. The van der Waals surface area contributed by atoms with Gasteiger partial charge in [0.1, 0.15) is 5.75 Å². The highest BCUT2D eigenvalue weighted by molar-refractivity contribution is 7.17. The Morgan fingerprint density at radius 3 is 2.64 bits per heavy atom. The third kappa shape index (κ3) is 3.12. The first-order valence-electron chi connectivity index (χ1n) is 3.06. The number of benzene rings is 1. The van der Waals surface area contributed by atoms with Crippen LogP contribution in [-0.4, -0.2) is 6.79 Å². The first-order valence-corrected chi connectivity index (χ1v) is 3.79. The Bertz CT molecular complexity index is 212. The van der Waals surface area contributed by atoms with Crippen LogP contribution < -0.4 is 4.74 Å². The average Bonchev–Trinajstić information content (AvgIpc) is 2.07. The summed E-state index contributed by atoms with van der Waals surface area (Å²) in [6.45, 7) is 0.00900. The van der Waals surface area contributed by atoms with E-state index in [-0.39, 0.29) is 15.5 Å². The first kappa shape index (κ1) is 8.18. The summed E-state index contributed by atoms with van der Waals surface area (Å²) < 4.78 is 19.2. The molecule has 0 amide bonds. The SMILES string of the molecule is O=POCOc1ccccc1. The maximum atomic E-state index is 9.79. The molecule has 0 N–H and O–H groups in total. The van der Waals surface area contributed by atoms with Gasteiger partial charge in [-0.05, 0) is 12.1 Å². The number of para-hydroxylation sites is 1. The summed E-state index contributed by atoms with van der Waals surface area (Å²) in [5, 5.41) is 0. The number of rotatable bonds is 4. The van der Waals surface area contributed by atoms with Crippen molar-refractivity contribution in [2.75, 3.05) is 6.79 Å². The molecule has 1 rings (SSSR count). The predicted octanol–water partition coefficient (Wildman–Crippen LogP) is 2.25. The van der Waals surface area contributed by atoms with Gasteiger partial charge in [-0.2, -0.15) is 0 Å². The Morgan fingerprint density at radius 2 is 2.00 bits per heavy atom. The number of hydrogen-bond donors (Lipinski definition) is 0. The third-order valence-electron chi connectivity index (χ3n) is 1.07. The molecule has 0 fully saturated rings. The van der Waals surface area contributed by atoms with Crippen LogP contribution in [0.4, 0.5) is 0 Å². The van der Waals surface area contributed by atoms with E-state index in [1.54, 1.807) is 12.1 Å². The van der Waals surface area contributed by atoms with Crippen molar-refractivity contribution in [2.45, 2.75) is 0 Å². The second-order valence-electron chi connectivity index (χ2n) is 1.78. The molecule has 11 heavy (non-hydrogen) atoms. The fourth-order valence-corrected chi connectivity index (χ4v) is 0.728. The van der Waals surface area contributed by atoms with Crippen LogP contribution in [0.25, 0.3) is 0 Å². The second-order valence-corrected chi connectivity index (χ2v) is 2.19. The van der Waals surface area contributed by atoms with E-state index in [1.807, 2.05) is 18.2 Å². The molecule has 58 valence electrons. The lowest BCUT2D eigenvalue weighted by Crippen LogP contribution is -1.95. The summed E-state index contributed by atoms with van der Waals surface area (Å²) in [5.41, 5.74) is 0. The molecule has 1 aromatic carbocycles. The molecule has 0 saturated carbocycles. The van der Waals surface area contributed by atoms with Gasteiger partial charge in [-0.3, -0.25) is 4.52 Å². The van der Waals surface area contributed by atoms with Gasteiger partial charge < -0.3 is 4.74 Å². The van der Waals surface area contributed by atoms with Gasteiger partial charge in [-0.15, -0.1) is 0 Å². The van der Waals surface area contributed by atoms with E-state index in [1.165, 1.54) is 0 Å². The van der Waals surface area contributed by atoms with Gasteiger partial charge in [0.05, 0.1) is 0 Å². The Labute approximate surface area is 66.2 Å². The van der Waals surface area contributed by atoms with E-state index in [9.17, 15) is 4.57 Å². The fraction of sp³-hybridized carbons (Fsp3) is 0.143. The van der Waals surface area contributed by atoms with Crippen LogP contribution >= 0.6 is 8.69 Å². The molecule has 1 aromatic rings. The molecule has 0 aliphatic heterocycles. The van der Waals surface area contributed by atoms with Gasteiger partial charge in [0.15, 0.2) is 0 Å². The van der Waals surface area contributed by atoms with E-state index in [0.717, 1.165) is 0 Å². The molecule has 0 aliphatic rings. The monoisotopic (exact) mass is 170 g/mol. The molecular formula is C7H7O3P. The van der Waals surface area contributed by atoms with Crippen LogP contribution in [0.5, 0.6) is 5.75 Å². The zero-order valence-electron chi connectivity index (χ0n) is 5.77. The molecule has 0 atom stereocenters. The molecule has 0 bridgehead atoms. The van der Waals surface area contributed by atoms with Crippen molar-refractivity contribution < 1.29 is 13.8 Å². The lowest BCUT2D eigenvalue weighted by molar-refractivity contribution is 0.133. The van der Waals surface area contributed by atoms with Gasteiger partial charge in [0.2, 0.25) is 6.79 Å². The molecule has 0 saturated heterocycles. The van der Waals surface area contributed by atoms with Crippen molar-refractivity contribution in [3.63, 3.8) is 0 Å². The first-order chi connectivity index (χ1) is 5.43. The maximum Gasteiger partial charge on any atom is 0.330 e. The van der Waals surface area contributed by atoms with Crippen molar-refractivity contribution in [3.05, 3.63) is 30.3 Å². The standard InChI is InChI=1S/C7H7O3P/c8-11-10-6-9-7-4-2-1-3-5-7/h1-5H,6H2. The largest absolute Gasteiger partial charge is 0.467 e. The number of hydrogen-bond acceptors (Lipinski definition) is 3. The quantitative estimate of drug-likeness (QED) is 0.395. The minimum Gasteiger partial charge on any atom is -0.467 e. The van der Waals surface area contributed by atoms with Gasteiger partial charge in [0.25, 0.3) is 0 Å². The molecule has 4 heteroatoms. The lowest BCUT2D eigenvalue weighted by atomic mass is 10.3. The van der Waals surface area contributed by atoms with Crippen LogP contribution in [0.1, 0.15) is 0 Å². The summed E-state index contributed by atoms with van der Waals surface area (Å²) >= 11 is 0. The number of ether oxygens (including phenoxy) is 1. The van der Waals surface area contributed by atoms with Crippen LogP contribution in [-0.2, 0) is 9.09 Å². The van der Waals surface area contributed by atoms with Crippen molar-refractivity contribution in [1.29, 1.82) is 0 Å². The van der Waals surface area contributed by atoms with E-state index < -0.39 is 0 Å². The van der Waals surface area contributed by atoms with Crippen molar-refractivity contribution in [3.8, 4) is 5.75 Å². The Hall–Kier alpha value is -0.920. The molecular weight excluding hydrogens is 163 g/mol. The predicted molar refractivity (Wildman–Crippen MR) is 40.6 cm³/mol. The molecule has 0 heterocycles. The second kappa shape index (κ2) is 4.83. The topological polar surface area (TPSA) is 35.5 Å². The van der Waals surface area contributed by atoms with Crippen LogP contribution in [0.3, 0.4) is 0 Å². The zero-order chi connectivity index (χ0) is 7.94. The van der Waals surface area contributed by atoms with Gasteiger partial charge >= 0.3 is 8.69 Å². The highest BCUT2D eigenvalue weighted by atomic mass is 31.1. The molecule has 0 aliphatic carbocycles. The maximum absolute atomic E-state index is 9.79. The average molecular weight is 170 g/mol. The molecule has 0 radical (unpaired) electrons. The summed E-state index contributed by atoms with van der Waals surface area (Å²) in [4.78, 5) is 0. The summed E-state index contributed by atoms with van der Waals surface area (Å²) in [5.74, 6) is 0.705. The molecule has 3 nitrogen and oxygen atoms in total. The van der Waals surface area contributed by atoms with E-state index in [2.05, 4.69) is 4.52 Å². The fourth-order valence-electron chi connectivity index (χ4n) is 0.633. The van der Waals surface area contributed by atoms with Gasteiger partial charge in [0, 0.05) is 0 Å². The summed E-state index contributed by atoms with van der Waals surface area (Å²) in [6, 6.07) is 9.18.